The number of aryl methyl sites for hydroxylation is 2. The number of fused-ring (bicyclic) bond motifs is 1. The van der Waals surface area contributed by atoms with Crippen molar-refractivity contribution < 1.29 is 4.74 Å². The van der Waals surface area contributed by atoms with Crippen LogP contribution in [-0.2, 0) is 0 Å². The first-order valence-corrected chi connectivity index (χ1v) is 11.6. The molecule has 1 saturated heterocycles. The first-order valence-electron chi connectivity index (χ1n) is 11.6. The highest BCUT2D eigenvalue weighted by atomic mass is 16.5. The van der Waals surface area contributed by atoms with Crippen LogP contribution in [0, 0.1) is 13.8 Å². The molecule has 0 bridgehead atoms. The van der Waals surface area contributed by atoms with E-state index in [0.29, 0.717) is 17.8 Å². The molecule has 0 saturated carbocycles. The zero-order valence-corrected chi connectivity index (χ0v) is 19.8. The van der Waals surface area contributed by atoms with Crippen LogP contribution in [0.3, 0.4) is 0 Å². The van der Waals surface area contributed by atoms with Crippen LogP contribution in [0.4, 0.5) is 0 Å². The zero-order chi connectivity index (χ0) is 22.1. The predicted octanol–water partition coefficient (Wildman–Crippen LogP) is 5.29. The molecule has 1 aliphatic rings. The number of aromatic nitrogens is 4. The molecule has 1 aliphatic heterocycles. The van der Waals surface area contributed by atoms with Crippen LogP contribution in [0.1, 0.15) is 68.9 Å². The lowest BCUT2D eigenvalue weighted by Crippen LogP contribution is -2.28. The van der Waals surface area contributed by atoms with E-state index in [9.17, 15) is 0 Å². The first-order chi connectivity index (χ1) is 14.9. The van der Waals surface area contributed by atoms with Gasteiger partial charge in [-0.1, -0.05) is 20.8 Å². The highest BCUT2D eigenvalue weighted by Crippen LogP contribution is 2.33. The molecule has 3 aromatic rings. The van der Waals surface area contributed by atoms with Crippen molar-refractivity contribution in [2.45, 2.75) is 65.8 Å². The average molecular weight is 422 g/mol. The number of rotatable bonds is 7. The number of likely N-dealkylation sites (tertiary alicyclic amines) is 1. The van der Waals surface area contributed by atoms with E-state index in [-0.39, 0.29) is 0 Å². The van der Waals surface area contributed by atoms with Crippen LogP contribution in [0.15, 0.2) is 18.3 Å². The fourth-order valence-corrected chi connectivity index (χ4v) is 4.61. The third-order valence-electron chi connectivity index (χ3n) is 6.46. The lowest BCUT2D eigenvalue weighted by atomic mass is 10.1. The molecule has 0 N–H and O–H groups in total. The summed E-state index contributed by atoms with van der Waals surface area (Å²) in [6, 6.07) is 4.54. The maximum absolute atomic E-state index is 5.63. The Bertz CT molecular complexity index is 1070. The largest absolute Gasteiger partial charge is 0.480 e. The van der Waals surface area contributed by atoms with E-state index >= 15 is 0 Å². The minimum Gasteiger partial charge on any atom is -0.480 e. The Morgan fingerprint density at radius 1 is 1.06 bits per heavy atom. The molecule has 1 unspecified atom stereocenters. The van der Waals surface area contributed by atoms with Gasteiger partial charge in [-0.25, -0.2) is 15.0 Å². The van der Waals surface area contributed by atoms with Crippen LogP contribution in [0.25, 0.3) is 22.4 Å². The number of pyridine rings is 1. The minimum atomic E-state index is 0.343. The molecule has 0 spiro atoms. The van der Waals surface area contributed by atoms with Crippen LogP contribution in [0.5, 0.6) is 5.88 Å². The van der Waals surface area contributed by atoms with Gasteiger partial charge in [0, 0.05) is 24.5 Å². The second kappa shape index (κ2) is 8.95. The van der Waals surface area contributed by atoms with Crippen LogP contribution in [0.2, 0.25) is 0 Å². The third kappa shape index (κ3) is 4.18. The standard InChI is InChI=1S/C25H35N5O/c1-7-19(15-29-12-8-9-13-29)30-14-17(4)22-24(30)26-18(5)23(28-22)20-10-11-21(16(2)3)27-25(20)31-6/h10-11,14,16,19H,7-9,12-13,15H2,1-6H3. The van der Waals surface area contributed by atoms with Gasteiger partial charge in [0.15, 0.2) is 5.65 Å². The number of hydrogen-bond acceptors (Lipinski definition) is 5. The van der Waals surface area contributed by atoms with Crippen molar-refractivity contribution in [3.8, 4) is 17.1 Å². The predicted molar refractivity (Wildman–Crippen MR) is 126 cm³/mol. The molecule has 0 radical (unpaired) electrons. The highest BCUT2D eigenvalue weighted by molar-refractivity contribution is 5.81. The summed E-state index contributed by atoms with van der Waals surface area (Å²) in [5, 5.41) is 0. The van der Waals surface area contributed by atoms with E-state index in [1.54, 1.807) is 7.11 Å². The molecule has 31 heavy (non-hydrogen) atoms. The molecular weight excluding hydrogens is 386 g/mol. The molecule has 1 fully saturated rings. The Morgan fingerprint density at radius 3 is 2.45 bits per heavy atom. The second-order valence-electron chi connectivity index (χ2n) is 9.07. The summed E-state index contributed by atoms with van der Waals surface area (Å²) in [4.78, 5) is 17.4. The monoisotopic (exact) mass is 421 g/mol. The smallest absolute Gasteiger partial charge is 0.222 e. The number of nitrogens with zero attached hydrogens (tertiary/aromatic N) is 5. The van der Waals surface area contributed by atoms with Gasteiger partial charge in [0.1, 0.15) is 5.52 Å². The number of methoxy groups -OCH3 is 1. The maximum Gasteiger partial charge on any atom is 0.222 e. The van der Waals surface area contributed by atoms with Crippen molar-refractivity contribution in [2.24, 2.45) is 0 Å². The van der Waals surface area contributed by atoms with E-state index in [2.05, 4.69) is 55.5 Å². The van der Waals surface area contributed by atoms with E-state index in [0.717, 1.165) is 52.3 Å². The van der Waals surface area contributed by atoms with Gasteiger partial charge in [0.2, 0.25) is 5.88 Å². The van der Waals surface area contributed by atoms with E-state index in [1.165, 1.54) is 25.9 Å². The average Bonchev–Trinajstić information content (AvgIpc) is 3.38. The summed E-state index contributed by atoms with van der Waals surface area (Å²) in [6.07, 6.45) is 5.94. The highest BCUT2D eigenvalue weighted by Gasteiger charge is 2.23. The summed E-state index contributed by atoms with van der Waals surface area (Å²) in [7, 11) is 1.67. The normalized spacial score (nSPS) is 15.8. The van der Waals surface area contributed by atoms with Crippen molar-refractivity contribution in [1.29, 1.82) is 0 Å². The molecule has 4 rings (SSSR count). The van der Waals surface area contributed by atoms with Gasteiger partial charge in [-0.05, 0) is 69.8 Å². The molecule has 3 aromatic heterocycles. The molecule has 0 amide bonds. The molecule has 0 aromatic carbocycles. The fourth-order valence-electron chi connectivity index (χ4n) is 4.61. The summed E-state index contributed by atoms with van der Waals surface area (Å²) < 4.78 is 7.98. The van der Waals surface area contributed by atoms with Crippen molar-refractivity contribution in [2.75, 3.05) is 26.7 Å². The molecular formula is C25H35N5O. The molecule has 6 heteroatoms. The molecule has 0 aliphatic carbocycles. The topological polar surface area (TPSA) is 56.1 Å². The first kappa shape index (κ1) is 21.8. The number of ether oxygens (including phenoxy) is 1. The van der Waals surface area contributed by atoms with Crippen molar-refractivity contribution in [3.63, 3.8) is 0 Å². The molecule has 166 valence electrons. The van der Waals surface area contributed by atoms with Crippen molar-refractivity contribution in [1.82, 2.24) is 24.4 Å². The van der Waals surface area contributed by atoms with E-state index < -0.39 is 0 Å². The fraction of sp³-hybridized carbons (Fsp3) is 0.560. The molecule has 4 heterocycles. The summed E-state index contributed by atoms with van der Waals surface area (Å²) in [5.74, 6) is 0.955. The lowest BCUT2D eigenvalue weighted by molar-refractivity contribution is 0.275. The van der Waals surface area contributed by atoms with Crippen molar-refractivity contribution in [3.05, 3.63) is 35.3 Å². The van der Waals surface area contributed by atoms with Gasteiger partial charge in [-0.15, -0.1) is 0 Å². The Kier molecular flexibility index (Phi) is 6.28. The van der Waals surface area contributed by atoms with Gasteiger partial charge < -0.3 is 14.2 Å². The second-order valence-corrected chi connectivity index (χ2v) is 9.07. The SMILES string of the molecule is CCC(CN1CCCC1)n1cc(C)c2nc(-c3ccc(C(C)C)nc3OC)c(C)nc21. The van der Waals surface area contributed by atoms with Gasteiger partial charge in [0.25, 0.3) is 0 Å². The minimum absolute atomic E-state index is 0.343. The third-order valence-corrected chi connectivity index (χ3v) is 6.46. The summed E-state index contributed by atoms with van der Waals surface area (Å²) in [6.45, 7) is 14.2. The van der Waals surface area contributed by atoms with E-state index in [4.69, 9.17) is 19.7 Å². The van der Waals surface area contributed by atoms with Gasteiger partial charge >= 0.3 is 0 Å². The Hall–Kier alpha value is -2.47. The lowest BCUT2D eigenvalue weighted by Gasteiger charge is -2.24. The van der Waals surface area contributed by atoms with Crippen LogP contribution < -0.4 is 4.74 Å². The molecule has 6 nitrogen and oxygen atoms in total. The Labute approximate surface area is 185 Å². The van der Waals surface area contributed by atoms with Crippen LogP contribution >= 0.6 is 0 Å². The Balaban J connectivity index is 1.77. The summed E-state index contributed by atoms with van der Waals surface area (Å²) in [5.41, 5.74) is 6.78. The van der Waals surface area contributed by atoms with Gasteiger partial charge in [-0.3, -0.25) is 0 Å². The summed E-state index contributed by atoms with van der Waals surface area (Å²) >= 11 is 0. The van der Waals surface area contributed by atoms with E-state index in [1.807, 2.05) is 6.92 Å². The van der Waals surface area contributed by atoms with Gasteiger partial charge in [-0.2, -0.15) is 0 Å². The van der Waals surface area contributed by atoms with Crippen LogP contribution in [-0.4, -0.2) is 51.2 Å². The maximum atomic E-state index is 5.63. The quantitative estimate of drug-likeness (QED) is 0.519. The van der Waals surface area contributed by atoms with Crippen molar-refractivity contribution >= 4 is 11.2 Å². The number of hydrogen-bond donors (Lipinski definition) is 0. The molecule has 1 atom stereocenters. The van der Waals surface area contributed by atoms with Gasteiger partial charge in [0.05, 0.1) is 24.1 Å². The zero-order valence-electron chi connectivity index (χ0n) is 19.8. The Morgan fingerprint density at radius 2 is 1.81 bits per heavy atom.